The summed E-state index contributed by atoms with van der Waals surface area (Å²) < 4.78 is 0. The zero-order valence-corrected chi connectivity index (χ0v) is 11.0. The van der Waals surface area contributed by atoms with Crippen LogP contribution in [-0.4, -0.2) is 0 Å². The fourth-order valence-corrected chi connectivity index (χ4v) is 3.90. The summed E-state index contributed by atoms with van der Waals surface area (Å²) in [6.45, 7) is 14.6. The van der Waals surface area contributed by atoms with E-state index in [9.17, 15) is 0 Å². The van der Waals surface area contributed by atoms with Crippen molar-refractivity contribution in [3.8, 4) is 0 Å². The lowest BCUT2D eigenvalue weighted by atomic mass is 9.57. The Morgan fingerprint density at radius 2 is 1.86 bits per heavy atom. The average molecular weight is 196 g/mol. The van der Waals surface area contributed by atoms with Crippen molar-refractivity contribution in [3.63, 3.8) is 0 Å². The first-order chi connectivity index (χ1) is 6.42. The topological polar surface area (TPSA) is 0 Å². The van der Waals surface area contributed by atoms with Gasteiger partial charge in [0, 0.05) is 0 Å². The first-order valence-corrected chi connectivity index (χ1v) is 6.42. The third-order valence-corrected chi connectivity index (χ3v) is 5.73. The number of hydrogen-bond donors (Lipinski definition) is 0. The van der Waals surface area contributed by atoms with Crippen LogP contribution in [0.25, 0.3) is 0 Å². The van der Waals surface area contributed by atoms with Gasteiger partial charge < -0.3 is 0 Å². The number of hydrogen-bond acceptors (Lipinski definition) is 0. The van der Waals surface area contributed by atoms with E-state index >= 15 is 0 Å². The summed E-state index contributed by atoms with van der Waals surface area (Å²) >= 11 is 0. The van der Waals surface area contributed by atoms with Crippen molar-refractivity contribution in [2.24, 2.45) is 22.7 Å². The van der Waals surface area contributed by atoms with Gasteiger partial charge in [-0.05, 0) is 41.9 Å². The van der Waals surface area contributed by atoms with E-state index in [1.807, 2.05) is 0 Å². The van der Waals surface area contributed by atoms with E-state index in [1.54, 1.807) is 0 Å². The van der Waals surface area contributed by atoms with Crippen LogP contribution in [0.15, 0.2) is 0 Å². The molecule has 3 atom stereocenters. The third kappa shape index (κ3) is 1.42. The van der Waals surface area contributed by atoms with Gasteiger partial charge >= 0.3 is 0 Å². The van der Waals surface area contributed by atoms with E-state index in [2.05, 4.69) is 41.5 Å². The molecule has 0 heterocycles. The van der Waals surface area contributed by atoms with Gasteiger partial charge in [0.1, 0.15) is 0 Å². The Labute approximate surface area is 90.5 Å². The molecule has 0 amide bonds. The van der Waals surface area contributed by atoms with Crippen LogP contribution >= 0.6 is 0 Å². The Hall–Kier alpha value is 0. The van der Waals surface area contributed by atoms with Crippen LogP contribution < -0.4 is 0 Å². The summed E-state index contributed by atoms with van der Waals surface area (Å²) in [5, 5.41) is 0. The van der Waals surface area contributed by atoms with Gasteiger partial charge in [0.2, 0.25) is 0 Å². The molecule has 0 heteroatoms. The molecule has 14 heavy (non-hydrogen) atoms. The van der Waals surface area contributed by atoms with Gasteiger partial charge in [-0.15, -0.1) is 0 Å². The quantitative estimate of drug-likeness (QED) is 0.603. The summed E-state index contributed by atoms with van der Waals surface area (Å²) in [6, 6.07) is 0. The van der Waals surface area contributed by atoms with Crippen LogP contribution in [0.2, 0.25) is 0 Å². The van der Waals surface area contributed by atoms with Gasteiger partial charge in [0.25, 0.3) is 0 Å². The second-order valence-electron chi connectivity index (χ2n) is 5.98. The minimum absolute atomic E-state index is 0.539. The molecule has 0 saturated heterocycles. The predicted molar refractivity (Wildman–Crippen MR) is 64.4 cm³/mol. The van der Waals surface area contributed by atoms with E-state index in [1.165, 1.54) is 25.7 Å². The lowest BCUT2D eigenvalue weighted by Gasteiger charge is -2.47. The second-order valence-corrected chi connectivity index (χ2v) is 5.98. The maximum atomic E-state index is 2.50. The van der Waals surface area contributed by atoms with Crippen molar-refractivity contribution in [2.75, 3.05) is 0 Å². The Balaban J connectivity index is 3.00. The molecule has 0 nitrogen and oxygen atoms in total. The maximum absolute atomic E-state index is 2.50. The lowest BCUT2D eigenvalue weighted by Crippen LogP contribution is -2.40. The highest BCUT2D eigenvalue weighted by Crippen LogP contribution is 2.61. The molecule has 84 valence electrons. The van der Waals surface area contributed by atoms with E-state index in [-0.39, 0.29) is 0 Å². The second kappa shape index (κ2) is 3.87. The van der Waals surface area contributed by atoms with Gasteiger partial charge in [0.15, 0.2) is 0 Å². The highest BCUT2D eigenvalue weighted by Gasteiger charge is 2.53. The van der Waals surface area contributed by atoms with Gasteiger partial charge in [-0.2, -0.15) is 0 Å². The summed E-state index contributed by atoms with van der Waals surface area (Å²) in [4.78, 5) is 0. The molecule has 1 aliphatic carbocycles. The zero-order chi connectivity index (χ0) is 11.0. The van der Waals surface area contributed by atoms with Crippen molar-refractivity contribution in [3.05, 3.63) is 0 Å². The standard InChI is InChI=1S/C14H28/c1-7-11(3)14(8-2)10-9-12(4)13(14,5)6/h11-12H,7-10H2,1-6H3. The van der Waals surface area contributed by atoms with Crippen molar-refractivity contribution >= 4 is 0 Å². The lowest BCUT2D eigenvalue weighted by molar-refractivity contribution is 0.0136. The van der Waals surface area contributed by atoms with E-state index in [0.29, 0.717) is 10.8 Å². The van der Waals surface area contributed by atoms with Gasteiger partial charge in [-0.3, -0.25) is 0 Å². The molecule has 1 fully saturated rings. The molecule has 0 aliphatic heterocycles. The molecular formula is C14H28. The molecule has 3 unspecified atom stereocenters. The predicted octanol–water partition coefficient (Wildman–Crippen LogP) is 4.89. The fourth-order valence-electron chi connectivity index (χ4n) is 3.90. The van der Waals surface area contributed by atoms with E-state index in [0.717, 1.165) is 11.8 Å². The van der Waals surface area contributed by atoms with Crippen molar-refractivity contribution in [1.82, 2.24) is 0 Å². The van der Waals surface area contributed by atoms with Crippen LogP contribution in [-0.2, 0) is 0 Å². The summed E-state index contributed by atoms with van der Waals surface area (Å²) in [5.74, 6) is 1.78. The van der Waals surface area contributed by atoms with E-state index < -0.39 is 0 Å². The Morgan fingerprint density at radius 1 is 1.29 bits per heavy atom. The summed E-state index contributed by atoms with van der Waals surface area (Å²) in [5.41, 5.74) is 1.15. The van der Waals surface area contributed by atoms with Gasteiger partial charge in [0.05, 0.1) is 0 Å². The molecule has 0 bridgehead atoms. The third-order valence-electron chi connectivity index (χ3n) is 5.73. The summed E-state index contributed by atoms with van der Waals surface area (Å²) in [7, 11) is 0. The van der Waals surface area contributed by atoms with Crippen molar-refractivity contribution in [1.29, 1.82) is 0 Å². The Kier molecular flexibility index (Phi) is 3.33. The molecule has 0 aromatic carbocycles. The van der Waals surface area contributed by atoms with Crippen LogP contribution in [0.1, 0.15) is 67.2 Å². The van der Waals surface area contributed by atoms with E-state index in [4.69, 9.17) is 0 Å². The minimum atomic E-state index is 0.539. The fraction of sp³-hybridized carbons (Fsp3) is 1.00. The smallest absolute Gasteiger partial charge is 0.0221 e. The first-order valence-electron chi connectivity index (χ1n) is 6.42. The monoisotopic (exact) mass is 196 g/mol. The minimum Gasteiger partial charge on any atom is -0.0651 e. The van der Waals surface area contributed by atoms with Crippen LogP contribution in [0.3, 0.4) is 0 Å². The molecule has 1 saturated carbocycles. The summed E-state index contributed by atoms with van der Waals surface area (Å²) in [6.07, 6.45) is 5.58. The zero-order valence-electron chi connectivity index (χ0n) is 11.0. The molecular weight excluding hydrogens is 168 g/mol. The normalized spacial score (nSPS) is 38.6. The van der Waals surface area contributed by atoms with Crippen LogP contribution in [0.4, 0.5) is 0 Å². The average Bonchev–Trinajstić information content (AvgIpc) is 2.39. The molecule has 0 N–H and O–H groups in total. The molecule has 0 aromatic rings. The first kappa shape index (κ1) is 12.1. The highest BCUT2D eigenvalue weighted by molar-refractivity contribution is 5.02. The number of rotatable bonds is 3. The SMILES string of the molecule is CCC(C)C1(CC)CCC(C)C1(C)C. The molecule has 0 aromatic heterocycles. The van der Waals surface area contributed by atoms with Crippen LogP contribution in [0.5, 0.6) is 0 Å². The highest BCUT2D eigenvalue weighted by atomic mass is 14.6. The van der Waals surface area contributed by atoms with Gasteiger partial charge in [-0.1, -0.05) is 48.0 Å². The molecule has 1 rings (SSSR count). The Bertz CT molecular complexity index is 192. The largest absolute Gasteiger partial charge is 0.0651 e. The molecule has 0 radical (unpaired) electrons. The van der Waals surface area contributed by atoms with Crippen molar-refractivity contribution in [2.45, 2.75) is 67.2 Å². The Morgan fingerprint density at radius 3 is 2.14 bits per heavy atom. The van der Waals surface area contributed by atoms with Crippen LogP contribution in [0, 0.1) is 22.7 Å². The van der Waals surface area contributed by atoms with Crippen molar-refractivity contribution < 1.29 is 0 Å². The maximum Gasteiger partial charge on any atom is -0.0221 e. The van der Waals surface area contributed by atoms with Gasteiger partial charge in [-0.25, -0.2) is 0 Å². The molecule has 1 aliphatic rings. The molecule has 0 spiro atoms.